The number of hydrogen-bond acceptors (Lipinski definition) is 2. The van der Waals surface area contributed by atoms with Gasteiger partial charge in [-0.15, -0.1) is 0 Å². The van der Waals surface area contributed by atoms with Gasteiger partial charge in [0, 0.05) is 24.7 Å². The van der Waals surface area contributed by atoms with Crippen molar-refractivity contribution in [2.75, 3.05) is 22.9 Å². The second-order valence-electron chi connectivity index (χ2n) is 5.75. The molecule has 2 aromatic carbocycles. The second-order valence-corrected chi connectivity index (χ2v) is 5.75. The lowest BCUT2D eigenvalue weighted by Crippen LogP contribution is -2.32. The number of amides is 2. The van der Waals surface area contributed by atoms with E-state index in [1.165, 1.54) is 0 Å². The molecule has 23 heavy (non-hydrogen) atoms. The molecule has 4 nitrogen and oxygen atoms in total. The van der Waals surface area contributed by atoms with Crippen LogP contribution in [0.4, 0.5) is 16.2 Å². The van der Waals surface area contributed by atoms with Crippen LogP contribution in [0.25, 0.3) is 10.8 Å². The normalized spacial score (nSPS) is 14.7. The van der Waals surface area contributed by atoms with Crippen LogP contribution in [0.5, 0.6) is 0 Å². The Balaban J connectivity index is 1.74. The summed E-state index contributed by atoms with van der Waals surface area (Å²) in [7, 11) is 0. The third-order valence-electron chi connectivity index (χ3n) is 4.37. The molecule has 3 aromatic rings. The van der Waals surface area contributed by atoms with Gasteiger partial charge in [-0.25, -0.2) is 4.79 Å². The minimum atomic E-state index is 0.0115. The lowest BCUT2D eigenvalue weighted by Gasteiger charge is -2.21. The van der Waals surface area contributed by atoms with Crippen LogP contribution in [0.15, 0.2) is 60.9 Å². The SMILES string of the molecule is Cc1ccncc1N1CCN(c2cccc3ccccc23)C1=O. The zero-order valence-electron chi connectivity index (χ0n) is 12.9. The number of pyridine rings is 1. The maximum atomic E-state index is 12.9. The molecule has 0 atom stereocenters. The van der Waals surface area contributed by atoms with Crippen molar-refractivity contribution in [3.05, 3.63) is 66.5 Å². The van der Waals surface area contributed by atoms with E-state index in [2.05, 4.69) is 23.2 Å². The smallest absolute Gasteiger partial charge is 0.292 e. The molecular weight excluding hydrogens is 286 g/mol. The van der Waals surface area contributed by atoms with E-state index in [1.807, 2.05) is 47.1 Å². The highest BCUT2D eigenvalue weighted by Gasteiger charge is 2.32. The first-order valence-corrected chi connectivity index (χ1v) is 7.73. The molecule has 2 heterocycles. The Morgan fingerprint density at radius 2 is 1.65 bits per heavy atom. The number of aromatic nitrogens is 1. The van der Waals surface area contributed by atoms with Crippen molar-refractivity contribution in [1.29, 1.82) is 0 Å². The van der Waals surface area contributed by atoms with Gasteiger partial charge in [-0.2, -0.15) is 0 Å². The molecular formula is C19H17N3O. The van der Waals surface area contributed by atoms with Gasteiger partial charge >= 0.3 is 6.03 Å². The maximum absolute atomic E-state index is 12.9. The third-order valence-corrected chi connectivity index (χ3v) is 4.37. The molecule has 1 fully saturated rings. The summed E-state index contributed by atoms with van der Waals surface area (Å²) in [6, 6.07) is 16.2. The lowest BCUT2D eigenvalue weighted by atomic mass is 10.1. The van der Waals surface area contributed by atoms with Gasteiger partial charge in [0.1, 0.15) is 0 Å². The molecule has 0 saturated carbocycles. The Morgan fingerprint density at radius 3 is 2.48 bits per heavy atom. The topological polar surface area (TPSA) is 36.4 Å². The summed E-state index contributed by atoms with van der Waals surface area (Å²) in [5.74, 6) is 0. The van der Waals surface area contributed by atoms with Gasteiger partial charge in [-0.1, -0.05) is 36.4 Å². The van der Waals surface area contributed by atoms with Crippen LogP contribution in [0.3, 0.4) is 0 Å². The average Bonchev–Trinajstić information content (AvgIpc) is 2.96. The largest absolute Gasteiger partial charge is 0.329 e. The van der Waals surface area contributed by atoms with Gasteiger partial charge in [0.25, 0.3) is 0 Å². The van der Waals surface area contributed by atoms with Crippen LogP contribution >= 0.6 is 0 Å². The first-order valence-electron chi connectivity index (χ1n) is 7.73. The van der Waals surface area contributed by atoms with E-state index in [4.69, 9.17) is 0 Å². The van der Waals surface area contributed by atoms with Gasteiger partial charge in [0.05, 0.1) is 17.6 Å². The van der Waals surface area contributed by atoms with Crippen molar-refractivity contribution in [2.24, 2.45) is 0 Å². The van der Waals surface area contributed by atoms with E-state index in [9.17, 15) is 4.79 Å². The summed E-state index contributed by atoms with van der Waals surface area (Å²) >= 11 is 0. The number of aryl methyl sites for hydroxylation is 1. The zero-order valence-corrected chi connectivity index (χ0v) is 12.9. The molecule has 0 spiro atoms. The molecule has 0 bridgehead atoms. The third kappa shape index (κ3) is 2.23. The van der Waals surface area contributed by atoms with Crippen LogP contribution in [0, 0.1) is 6.92 Å². The molecule has 1 aliphatic heterocycles. The fourth-order valence-corrected chi connectivity index (χ4v) is 3.17. The molecule has 2 amide bonds. The highest BCUT2D eigenvalue weighted by Crippen LogP contribution is 2.31. The summed E-state index contributed by atoms with van der Waals surface area (Å²) in [6.45, 7) is 3.36. The zero-order chi connectivity index (χ0) is 15.8. The minimum absolute atomic E-state index is 0.0115. The van der Waals surface area contributed by atoms with Gasteiger partial charge in [-0.3, -0.25) is 14.8 Å². The van der Waals surface area contributed by atoms with E-state index < -0.39 is 0 Å². The van der Waals surface area contributed by atoms with E-state index in [0.717, 1.165) is 27.7 Å². The number of rotatable bonds is 2. The van der Waals surface area contributed by atoms with Crippen LogP contribution < -0.4 is 9.80 Å². The summed E-state index contributed by atoms with van der Waals surface area (Å²) in [5, 5.41) is 2.25. The van der Waals surface area contributed by atoms with Gasteiger partial charge < -0.3 is 0 Å². The number of urea groups is 1. The highest BCUT2D eigenvalue weighted by atomic mass is 16.2. The molecule has 1 aliphatic rings. The molecule has 0 radical (unpaired) electrons. The molecule has 0 N–H and O–H groups in total. The number of carbonyl (C=O) groups is 1. The van der Waals surface area contributed by atoms with Crippen LogP contribution in [-0.4, -0.2) is 24.1 Å². The Bertz CT molecular complexity index is 885. The monoisotopic (exact) mass is 303 g/mol. The van der Waals surface area contributed by atoms with E-state index in [1.54, 1.807) is 12.4 Å². The molecule has 0 unspecified atom stereocenters. The summed E-state index contributed by atoms with van der Waals surface area (Å²) in [6.07, 6.45) is 3.52. The molecule has 0 aliphatic carbocycles. The lowest BCUT2D eigenvalue weighted by molar-refractivity contribution is 0.256. The fourth-order valence-electron chi connectivity index (χ4n) is 3.17. The Hall–Kier alpha value is -2.88. The van der Waals surface area contributed by atoms with Crippen LogP contribution in [-0.2, 0) is 0 Å². The molecule has 114 valence electrons. The van der Waals surface area contributed by atoms with E-state index in [-0.39, 0.29) is 6.03 Å². The van der Waals surface area contributed by atoms with Crippen molar-refractivity contribution in [2.45, 2.75) is 6.92 Å². The second kappa shape index (κ2) is 5.39. The minimum Gasteiger partial charge on any atom is -0.292 e. The highest BCUT2D eigenvalue weighted by molar-refractivity contribution is 6.11. The number of nitrogens with zero attached hydrogens (tertiary/aromatic N) is 3. The van der Waals surface area contributed by atoms with Gasteiger partial charge in [0.2, 0.25) is 0 Å². The Labute approximate surface area is 135 Å². The van der Waals surface area contributed by atoms with E-state index in [0.29, 0.717) is 13.1 Å². The summed E-state index contributed by atoms with van der Waals surface area (Å²) < 4.78 is 0. The van der Waals surface area contributed by atoms with Crippen molar-refractivity contribution in [3.8, 4) is 0 Å². The Kier molecular flexibility index (Phi) is 3.23. The molecule has 1 aromatic heterocycles. The number of fused-ring (bicyclic) bond motifs is 1. The number of hydrogen-bond donors (Lipinski definition) is 0. The van der Waals surface area contributed by atoms with Crippen molar-refractivity contribution >= 4 is 28.2 Å². The summed E-state index contributed by atoms with van der Waals surface area (Å²) in [4.78, 5) is 20.8. The molecule has 1 saturated heterocycles. The van der Waals surface area contributed by atoms with Crippen molar-refractivity contribution in [1.82, 2.24) is 4.98 Å². The standard InChI is InChI=1S/C19H17N3O/c1-14-9-10-20-13-18(14)22-12-11-21(19(22)23)17-8-4-6-15-5-2-3-7-16(15)17/h2-10,13H,11-12H2,1H3. The fraction of sp³-hybridized carbons (Fsp3) is 0.158. The number of anilines is 2. The maximum Gasteiger partial charge on any atom is 0.329 e. The quantitative estimate of drug-likeness (QED) is 0.717. The van der Waals surface area contributed by atoms with E-state index >= 15 is 0 Å². The van der Waals surface area contributed by atoms with Crippen molar-refractivity contribution in [3.63, 3.8) is 0 Å². The Morgan fingerprint density at radius 1 is 0.913 bits per heavy atom. The molecule has 4 rings (SSSR count). The predicted molar refractivity (Wildman–Crippen MR) is 93.0 cm³/mol. The van der Waals surface area contributed by atoms with Gasteiger partial charge in [0.15, 0.2) is 0 Å². The molecule has 4 heteroatoms. The first kappa shape index (κ1) is 13.8. The first-order chi connectivity index (χ1) is 11.3. The number of carbonyl (C=O) groups excluding carboxylic acids is 1. The van der Waals surface area contributed by atoms with Gasteiger partial charge in [-0.05, 0) is 30.0 Å². The van der Waals surface area contributed by atoms with Crippen LogP contribution in [0.1, 0.15) is 5.56 Å². The number of benzene rings is 2. The van der Waals surface area contributed by atoms with Crippen molar-refractivity contribution < 1.29 is 4.79 Å². The predicted octanol–water partition coefficient (Wildman–Crippen LogP) is 3.99. The summed E-state index contributed by atoms with van der Waals surface area (Å²) in [5.41, 5.74) is 2.92. The van der Waals surface area contributed by atoms with Crippen LogP contribution in [0.2, 0.25) is 0 Å². The average molecular weight is 303 g/mol.